The van der Waals surface area contributed by atoms with Crippen LogP contribution < -0.4 is 5.32 Å². The Morgan fingerprint density at radius 2 is 1.60 bits per heavy atom. The van der Waals surface area contributed by atoms with E-state index < -0.39 is 5.25 Å². The van der Waals surface area contributed by atoms with E-state index in [0.717, 1.165) is 22.5 Å². The van der Waals surface area contributed by atoms with Crippen LogP contribution in [0.2, 0.25) is 0 Å². The molecule has 0 aliphatic rings. The van der Waals surface area contributed by atoms with Crippen LogP contribution in [0.3, 0.4) is 0 Å². The monoisotopic (exact) mass is 489 g/mol. The van der Waals surface area contributed by atoms with Crippen LogP contribution >= 0.6 is 11.8 Å². The van der Waals surface area contributed by atoms with E-state index in [1.165, 1.54) is 23.9 Å². The second kappa shape index (κ2) is 10.8. The molecule has 0 unspecified atom stereocenters. The van der Waals surface area contributed by atoms with Crippen molar-refractivity contribution in [2.75, 3.05) is 19.4 Å². The zero-order chi connectivity index (χ0) is 24.9. The largest absolute Gasteiger partial charge is 0.325 e. The van der Waals surface area contributed by atoms with Crippen LogP contribution in [-0.4, -0.2) is 44.9 Å². The fourth-order valence-electron chi connectivity index (χ4n) is 3.60. The molecular formula is C27H28FN5OS. The van der Waals surface area contributed by atoms with Crippen LogP contribution in [0.25, 0.3) is 16.8 Å². The van der Waals surface area contributed by atoms with Gasteiger partial charge in [0.1, 0.15) is 5.82 Å². The van der Waals surface area contributed by atoms with Gasteiger partial charge in [-0.1, -0.05) is 60.3 Å². The van der Waals surface area contributed by atoms with Crippen molar-refractivity contribution < 1.29 is 9.18 Å². The summed E-state index contributed by atoms with van der Waals surface area (Å²) in [5, 5.41) is 12.0. The Labute approximate surface area is 209 Å². The lowest BCUT2D eigenvalue weighted by Gasteiger charge is -2.21. The number of anilines is 1. The number of nitrogens with one attached hydrogen (secondary N) is 1. The number of nitrogens with zero attached hydrogens (tertiary/aromatic N) is 4. The highest BCUT2D eigenvalue weighted by molar-refractivity contribution is 8.00. The van der Waals surface area contributed by atoms with Crippen molar-refractivity contribution in [3.63, 3.8) is 0 Å². The van der Waals surface area contributed by atoms with E-state index in [1.807, 2.05) is 92.0 Å². The van der Waals surface area contributed by atoms with Gasteiger partial charge >= 0.3 is 0 Å². The van der Waals surface area contributed by atoms with E-state index >= 15 is 0 Å². The first-order valence-electron chi connectivity index (χ1n) is 11.3. The van der Waals surface area contributed by atoms with Crippen molar-refractivity contribution in [2.24, 2.45) is 0 Å². The number of benzene rings is 3. The van der Waals surface area contributed by atoms with Crippen LogP contribution in [0.15, 0.2) is 84.0 Å². The predicted octanol–water partition coefficient (Wildman–Crippen LogP) is 5.82. The van der Waals surface area contributed by atoms with Crippen molar-refractivity contribution in [1.29, 1.82) is 0 Å². The zero-order valence-electron chi connectivity index (χ0n) is 20.1. The lowest BCUT2D eigenvalue weighted by molar-refractivity contribution is -0.115. The summed E-state index contributed by atoms with van der Waals surface area (Å²) in [7, 11) is 3.92. The third-order valence-electron chi connectivity index (χ3n) is 5.81. The van der Waals surface area contributed by atoms with E-state index in [-0.39, 0.29) is 17.8 Å². The summed E-state index contributed by atoms with van der Waals surface area (Å²) < 4.78 is 15.5. The lowest BCUT2D eigenvalue weighted by atomic mass is 10.0. The summed E-state index contributed by atoms with van der Waals surface area (Å²) in [5.74, 6) is 0.253. The molecule has 2 atom stereocenters. The van der Waals surface area contributed by atoms with Crippen molar-refractivity contribution >= 4 is 23.4 Å². The molecule has 1 heterocycles. The Kier molecular flexibility index (Phi) is 7.63. The standard InChI is InChI=1S/C27H28FN5OS/c1-18(32(3)4)25-30-31-27(33(25)22-16-14-21(28)15-17-22)35-19(2)26(34)29-24-13-9-8-12-23(24)20-10-6-5-7-11-20/h5-19H,1-4H3,(H,29,34)/t18-,19-/m1/s1. The number of carbonyl (C=O) groups excluding carboxylic acids is 1. The molecule has 0 radical (unpaired) electrons. The molecule has 0 spiro atoms. The van der Waals surface area contributed by atoms with Gasteiger partial charge in [0.2, 0.25) is 5.91 Å². The first-order chi connectivity index (χ1) is 16.8. The smallest absolute Gasteiger partial charge is 0.237 e. The fraction of sp³-hybridized carbons (Fsp3) is 0.222. The van der Waals surface area contributed by atoms with Crippen LogP contribution in [0.1, 0.15) is 25.7 Å². The Morgan fingerprint density at radius 3 is 2.29 bits per heavy atom. The average Bonchev–Trinajstić information content (AvgIpc) is 3.28. The predicted molar refractivity (Wildman–Crippen MR) is 139 cm³/mol. The molecule has 1 amide bonds. The minimum absolute atomic E-state index is 0.0382. The molecule has 0 aliphatic heterocycles. The molecule has 0 bridgehead atoms. The maximum Gasteiger partial charge on any atom is 0.237 e. The minimum atomic E-state index is -0.454. The lowest BCUT2D eigenvalue weighted by Crippen LogP contribution is -2.24. The molecule has 8 heteroatoms. The number of rotatable bonds is 8. The second-order valence-corrected chi connectivity index (χ2v) is 9.76. The van der Waals surface area contributed by atoms with Gasteiger partial charge in [-0.05, 0) is 63.8 Å². The zero-order valence-corrected chi connectivity index (χ0v) is 21.0. The van der Waals surface area contributed by atoms with E-state index in [9.17, 15) is 9.18 Å². The van der Waals surface area contributed by atoms with Gasteiger partial charge < -0.3 is 5.32 Å². The maximum absolute atomic E-state index is 13.6. The van der Waals surface area contributed by atoms with Crippen LogP contribution in [0, 0.1) is 5.82 Å². The summed E-state index contributed by atoms with van der Waals surface area (Å²) in [4.78, 5) is 15.2. The molecule has 0 fully saturated rings. The third kappa shape index (κ3) is 5.61. The first kappa shape index (κ1) is 24.6. The summed E-state index contributed by atoms with van der Waals surface area (Å²) in [6, 6.07) is 23.8. The van der Waals surface area contributed by atoms with Gasteiger partial charge in [-0.2, -0.15) is 0 Å². The van der Waals surface area contributed by atoms with Gasteiger partial charge in [0, 0.05) is 16.9 Å². The molecule has 35 heavy (non-hydrogen) atoms. The summed E-state index contributed by atoms with van der Waals surface area (Å²) in [6.07, 6.45) is 0. The fourth-order valence-corrected chi connectivity index (χ4v) is 4.47. The molecule has 180 valence electrons. The van der Waals surface area contributed by atoms with Gasteiger partial charge in [-0.25, -0.2) is 4.39 Å². The van der Waals surface area contributed by atoms with Crippen molar-refractivity contribution in [2.45, 2.75) is 30.3 Å². The number of hydrogen-bond donors (Lipinski definition) is 1. The number of aromatic nitrogens is 3. The van der Waals surface area contributed by atoms with Crippen molar-refractivity contribution in [3.05, 3.63) is 90.5 Å². The minimum Gasteiger partial charge on any atom is -0.325 e. The number of amides is 1. The first-order valence-corrected chi connectivity index (χ1v) is 12.2. The Bertz CT molecular complexity index is 1290. The van der Waals surface area contributed by atoms with Gasteiger partial charge in [-0.15, -0.1) is 10.2 Å². The molecule has 0 aliphatic carbocycles. The number of halogens is 1. The topological polar surface area (TPSA) is 63.1 Å². The number of carbonyl (C=O) groups is 1. The van der Waals surface area contributed by atoms with Gasteiger partial charge in [-0.3, -0.25) is 14.3 Å². The van der Waals surface area contributed by atoms with E-state index in [4.69, 9.17) is 0 Å². The maximum atomic E-state index is 13.6. The van der Waals surface area contributed by atoms with Crippen molar-refractivity contribution in [1.82, 2.24) is 19.7 Å². The molecule has 0 saturated carbocycles. The van der Waals surface area contributed by atoms with E-state index in [2.05, 4.69) is 15.5 Å². The van der Waals surface area contributed by atoms with Gasteiger partial charge in [0.15, 0.2) is 11.0 Å². The molecule has 3 aromatic carbocycles. The van der Waals surface area contributed by atoms with Crippen LogP contribution in [-0.2, 0) is 4.79 Å². The average molecular weight is 490 g/mol. The molecular weight excluding hydrogens is 461 g/mol. The SMILES string of the molecule is C[C@H](c1nnc(S[C@H](C)C(=O)Nc2ccccc2-c2ccccc2)n1-c1ccc(F)cc1)N(C)C. The summed E-state index contributed by atoms with van der Waals surface area (Å²) in [5.41, 5.74) is 3.47. The van der Waals surface area contributed by atoms with Crippen molar-refractivity contribution in [3.8, 4) is 16.8 Å². The molecule has 4 aromatic rings. The number of thioether (sulfide) groups is 1. The highest BCUT2D eigenvalue weighted by Gasteiger charge is 2.25. The number of hydrogen-bond acceptors (Lipinski definition) is 5. The second-order valence-electron chi connectivity index (χ2n) is 8.45. The van der Waals surface area contributed by atoms with Gasteiger partial charge in [0.05, 0.1) is 11.3 Å². The highest BCUT2D eigenvalue weighted by Crippen LogP contribution is 2.31. The molecule has 1 aromatic heterocycles. The Balaban J connectivity index is 1.59. The molecule has 0 saturated heterocycles. The number of para-hydroxylation sites is 1. The van der Waals surface area contributed by atoms with E-state index in [0.29, 0.717) is 11.0 Å². The molecule has 4 rings (SSSR count). The normalized spacial score (nSPS) is 13.0. The van der Waals surface area contributed by atoms with Gasteiger partial charge in [0.25, 0.3) is 0 Å². The third-order valence-corrected chi connectivity index (χ3v) is 6.86. The van der Waals surface area contributed by atoms with Crippen LogP contribution in [0.5, 0.6) is 0 Å². The summed E-state index contributed by atoms with van der Waals surface area (Å²) in [6.45, 7) is 3.86. The Morgan fingerprint density at radius 1 is 0.943 bits per heavy atom. The Hall–Kier alpha value is -3.49. The van der Waals surface area contributed by atoms with E-state index in [1.54, 1.807) is 12.1 Å². The molecule has 6 nitrogen and oxygen atoms in total. The highest BCUT2D eigenvalue weighted by atomic mass is 32.2. The summed E-state index contributed by atoms with van der Waals surface area (Å²) >= 11 is 1.31. The molecule has 1 N–H and O–H groups in total. The van der Waals surface area contributed by atoms with Crippen LogP contribution in [0.4, 0.5) is 10.1 Å². The quantitative estimate of drug-likeness (QED) is 0.316.